The van der Waals surface area contributed by atoms with Crippen LogP contribution >= 0.6 is 22.9 Å². The normalized spacial score (nSPS) is 17.7. The Morgan fingerprint density at radius 1 is 1.26 bits per heavy atom. The van der Waals surface area contributed by atoms with Crippen LogP contribution in [0.1, 0.15) is 40.4 Å². The number of ether oxygens (including phenoxy) is 2. The number of carboxylic acids is 1. The van der Waals surface area contributed by atoms with Gasteiger partial charge in [-0.15, -0.1) is 0 Å². The Balaban J connectivity index is 1.13. The first-order valence-electron chi connectivity index (χ1n) is 12.6. The summed E-state index contributed by atoms with van der Waals surface area (Å²) in [6.07, 6.45) is 4.01. The molecule has 1 fully saturated rings. The molecule has 9 nitrogen and oxygen atoms in total. The van der Waals surface area contributed by atoms with Crippen LogP contribution in [-0.4, -0.2) is 61.3 Å². The van der Waals surface area contributed by atoms with Crippen LogP contribution in [0.2, 0.25) is 5.02 Å². The van der Waals surface area contributed by atoms with Gasteiger partial charge in [0, 0.05) is 35.7 Å². The standard InChI is InChI=1S/C27H25ClFN5O4S/c28-18-2-1-17(20(29)11-18)14-38-27-32-23(15-39-27)16-5-8-33(9-6-16)13-24-30-21-3-4-22(26(35)36)31-25(21)34(24)12-19-7-10-37-19/h1-5,11,15,19H,6-10,12-14H2,(H,35,36)/t19-/m0/s1. The molecule has 1 atom stereocenters. The van der Waals surface area contributed by atoms with Crippen LogP contribution in [0.15, 0.2) is 41.8 Å². The lowest BCUT2D eigenvalue weighted by molar-refractivity contribution is -0.0592. The number of thiazole rings is 1. The SMILES string of the molecule is O=C(O)c1ccc2nc(CN3CC=C(c4csc(OCc5ccc(Cl)cc5F)n4)CC3)n(C[C@@H]3CCO3)c2n1. The maximum absolute atomic E-state index is 14.0. The first-order valence-corrected chi connectivity index (χ1v) is 13.8. The monoisotopic (exact) mass is 569 g/mol. The molecular weight excluding hydrogens is 545 g/mol. The fourth-order valence-corrected chi connectivity index (χ4v) is 5.50. The van der Waals surface area contributed by atoms with Gasteiger partial charge in [-0.1, -0.05) is 35.1 Å². The maximum atomic E-state index is 14.0. The highest BCUT2D eigenvalue weighted by molar-refractivity contribution is 7.11. The van der Waals surface area contributed by atoms with Crippen molar-refractivity contribution in [2.45, 2.75) is 38.6 Å². The quantitative estimate of drug-likeness (QED) is 0.299. The van der Waals surface area contributed by atoms with Crippen molar-refractivity contribution in [1.82, 2.24) is 24.4 Å². The van der Waals surface area contributed by atoms with Gasteiger partial charge in [0.15, 0.2) is 11.3 Å². The van der Waals surface area contributed by atoms with Crippen LogP contribution in [0, 0.1) is 5.82 Å². The largest absolute Gasteiger partial charge is 0.477 e. The fourth-order valence-electron chi connectivity index (χ4n) is 4.65. The second-order valence-corrected chi connectivity index (χ2v) is 10.8. The average Bonchev–Trinajstić information content (AvgIpc) is 3.50. The highest BCUT2D eigenvalue weighted by Crippen LogP contribution is 2.29. The molecule has 0 saturated carbocycles. The Morgan fingerprint density at radius 3 is 2.85 bits per heavy atom. The third-order valence-electron chi connectivity index (χ3n) is 6.91. The number of aromatic nitrogens is 4. The molecule has 12 heteroatoms. The molecule has 0 radical (unpaired) electrons. The van der Waals surface area contributed by atoms with Gasteiger partial charge < -0.3 is 19.1 Å². The molecule has 0 aliphatic carbocycles. The molecule has 2 aliphatic rings. The van der Waals surface area contributed by atoms with Gasteiger partial charge in [-0.3, -0.25) is 4.90 Å². The first kappa shape index (κ1) is 25.9. The number of hydrogen-bond acceptors (Lipinski definition) is 8. The summed E-state index contributed by atoms with van der Waals surface area (Å²) in [5.74, 6) is -0.625. The molecule has 0 amide bonds. The number of carboxylic acid groups (broad SMARTS) is 1. The Bertz CT molecular complexity index is 1570. The van der Waals surface area contributed by atoms with Gasteiger partial charge in [-0.2, -0.15) is 0 Å². The van der Waals surface area contributed by atoms with E-state index in [2.05, 4.69) is 20.9 Å². The molecule has 1 N–H and O–H groups in total. The summed E-state index contributed by atoms with van der Waals surface area (Å²) in [5, 5.41) is 12.2. The molecule has 0 bridgehead atoms. The Kier molecular flexibility index (Phi) is 7.30. The highest BCUT2D eigenvalue weighted by Gasteiger charge is 2.25. The van der Waals surface area contributed by atoms with Gasteiger partial charge in [-0.25, -0.2) is 24.1 Å². The topological polar surface area (TPSA) is 103 Å². The third-order valence-corrected chi connectivity index (χ3v) is 7.89. The van der Waals surface area contributed by atoms with Crippen LogP contribution < -0.4 is 4.74 Å². The number of pyridine rings is 1. The first-order chi connectivity index (χ1) is 18.9. The van der Waals surface area contributed by atoms with Crippen LogP contribution in [0.4, 0.5) is 4.39 Å². The summed E-state index contributed by atoms with van der Waals surface area (Å²) in [5.41, 5.74) is 3.68. The Hall–Kier alpha value is -3.38. The molecule has 3 aromatic heterocycles. The Labute approximate surface area is 232 Å². The summed E-state index contributed by atoms with van der Waals surface area (Å²) in [6, 6.07) is 7.71. The second kappa shape index (κ2) is 11.0. The molecule has 0 spiro atoms. The van der Waals surface area contributed by atoms with E-state index in [0.29, 0.717) is 40.0 Å². The number of nitrogens with zero attached hydrogens (tertiary/aromatic N) is 5. The highest BCUT2D eigenvalue weighted by atomic mass is 35.5. The van der Waals surface area contributed by atoms with E-state index < -0.39 is 11.8 Å². The molecule has 39 heavy (non-hydrogen) atoms. The molecular formula is C27H25ClFN5O4S. The number of imidazole rings is 1. The van der Waals surface area contributed by atoms with Crippen molar-refractivity contribution in [2.75, 3.05) is 19.7 Å². The zero-order valence-electron chi connectivity index (χ0n) is 20.8. The zero-order valence-corrected chi connectivity index (χ0v) is 22.4. The minimum atomic E-state index is -1.06. The molecule has 6 rings (SSSR count). The number of benzene rings is 1. The van der Waals surface area contributed by atoms with Crippen molar-refractivity contribution >= 4 is 45.6 Å². The van der Waals surface area contributed by atoms with E-state index >= 15 is 0 Å². The predicted octanol–water partition coefficient (Wildman–Crippen LogP) is 5.04. The summed E-state index contributed by atoms with van der Waals surface area (Å²) in [4.78, 5) is 27.5. The minimum absolute atomic E-state index is 0.000174. The number of rotatable bonds is 9. The smallest absolute Gasteiger partial charge is 0.354 e. The van der Waals surface area contributed by atoms with Crippen LogP contribution in [-0.2, 0) is 24.4 Å². The van der Waals surface area contributed by atoms with Crippen LogP contribution in [0.3, 0.4) is 0 Å². The number of hydrogen-bond donors (Lipinski definition) is 1. The zero-order chi connectivity index (χ0) is 26.9. The van der Waals surface area contributed by atoms with Crippen molar-refractivity contribution < 1.29 is 23.8 Å². The average molecular weight is 570 g/mol. The summed E-state index contributed by atoms with van der Waals surface area (Å²) < 4.78 is 27.4. The molecule has 4 aromatic rings. The molecule has 5 heterocycles. The van der Waals surface area contributed by atoms with E-state index in [1.54, 1.807) is 18.2 Å². The van der Waals surface area contributed by atoms with Crippen LogP contribution in [0.5, 0.6) is 5.19 Å². The van der Waals surface area contributed by atoms with Crippen molar-refractivity contribution in [3.8, 4) is 5.19 Å². The van der Waals surface area contributed by atoms with E-state index in [0.717, 1.165) is 49.6 Å². The molecule has 1 aromatic carbocycles. The maximum Gasteiger partial charge on any atom is 0.354 e. The molecule has 1 saturated heterocycles. The molecule has 202 valence electrons. The number of aromatic carboxylic acids is 1. The minimum Gasteiger partial charge on any atom is -0.477 e. The van der Waals surface area contributed by atoms with Gasteiger partial charge in [0.2, 0.25) is 0 Å². The van der Waals surface area contributed by atoms with Gasteiger partial charge >= 0.3 is 5.97 Å². The number of halogens is 2. The lowest BCUT2D eigenvalue weighted by Crippen LogP contribution is -2.33. The Morgan fingerprint density at radius 2 is 2.13 bits per heavy atom. The van der Waals surface area contributed by atoms with Gasteiger partial charge in [0.25, 0.3) is 5.19 Å². The number of fused-ring (bicyclic) bond motifs is 1. The third kappa shape index (κ3) is 5.67. The second-order valence-electron chi connectivity index (χ2n) is 9.50. The summed E-state index contributed by atoms with van der Waals surface area (Å²) in [7, 11) is 0. The predicted molar refractivity (Wildman–Crippen MR) is 145 cm³/mol. The lowest BCUT2D eigenvalue weighted by Gasteiger charge is -2.29. The van der Waals surface area contributed by atoms with E-state index in [-0.39, 0.29) is 18.4 Å². The van der Waals surface area contributed by atoms with Gasteiger partial charge in [0.05, 0.1) is 24.9 Å². The lowest BCUT2D eigenvalue weighted by atomic mass is 10.1. The van der Waals surface area contributed by atoms with E-state index in [1.807, 2.05) is 9.95 Å². The molecule has 2 aliphatic heterocycles. The summed E-state index contributed by atoms with van der Waals surface area (Å²) >= 11 is 7.20. The van der Waals surface area contributed by atoms with Gasteiger partial charge in [-0.05, 0) is 42.7 Å². The summed E-state index contributed by atoms with van der Waals surface area (Å²) in [6.45, 7) is 3.55. The number of carbonyl (C=O) groups is 1. The van der Waals surface area contributed by atoms with E-state index in [4.69, 9.17) is 26.1 Å². The molecule has 0 unspecified atom stereocenters. The van der Waals surface area contributed by atoms with Crippen molar-refractivity contribution in [3.63, 3.8) is 0 Å². The van der Waals surface area contributed by atoms with Gasteiger partial charge in [0.1, 0.15) is 23.8 Å². The van der Waals surface area contributed by atoms with Crippen molar-refractivity contribution in [1.29, 1.82) is 0 Å². The van der Waals surface area contributed by atoms with Crippen molar-refractivity contribution in [3.05, 3.63) is 75.4 Å². The van der Waals surface area contributed by atoms with E-state index in [9.17, 15) is 14.3 Å². The van der Waals surface area contributed by atoms with E-state index in [1.165, 1.54) is 23.5 Å². The van der Waals surface area contributed by atoms with Crippen LogP contribution in [0.25, 0.3) is 16.7 Å². The fraction of sp³-hybridized carbons (Fsp3) is 0.333. The van der Waals surface area contributed by atoms with Crippen molar-refractivity contribution in [2.24, 2.45) is 0 Å².